The van der Waals surface area contributed by atoms with Gasteiger partial charge in [-0.1, -0.05) is 42.5 Å². The molecule has 1 aliphatic heterocycles. The quantitative estimate of drug-likeness (QED) is 0.742. The van der Waals surface area contributed by atoms with Crippen molar-refractivity contribution < 1.29 is 0 Å². The molecule has 0 spiro atoms. The summed E-state index contributed by atoms with van der Waals surface area (Å²) in [6.07, 6.45) is 2.06. The first-order valence-electron chi connectivity index (χ1n) is 8.66. The maximum atomic E-state index is 12.7. The van der Waals surface area contributed by atoms with Crippen LogP contribution in [-0.4, -0.2) is 27.1 Å². The van der Waals surface area contributed by atoms with Gasteiger partial charge in [-0.25, -0.2) is 4.79 Å². The van der Waals surface area contributed by atoms with Crippen LogP contribution >= 0.6 is 0 Å². The van der Waals surface area contributed by atoms with Crippen molar-refractivity contribution in [3.05, 3.63) is 70.6 Å². The summed E-state index contributed by atoms with van der Waals surface area (Å²) in [6.45, 7) is 3.07. The van der Waals surface area contributed by atoms with Crippen molar-refractivity contribution in [2.45, 2.75) is 25.4 Å². The normalized spacial score (nSPS) is 16.7. The monoisotopic (exact) mass is 321 g/mol. The van der Waals surface area contributed by atoms with Crippen molar-refractivity contribution in [3.8, 4) is 0 Å². The summed E-state index contributed by atoms with van der Waals surface area (Å²) in [7, 11) is 1.87. The largest absolute Gasteiger partial charge is 0.329 e. The van der Waals surface area contributed by atoms with E-state index < -0.39 is 0 Å². The fourth-order valence-corrected chi connectivity index (χ4v) is 3.85. The van der Waals surface area contributed by atoms with Gasteiger partial charge in [-0.15, -0.1) is 0 Å². The van der Waals surface area contributed by atoms with E-state index in [1.165, 1.54) is 5.56 Å². The van der Waals surface area contributed by atoms with Gasteiger partial charge in [0.05, 0.1) is 11.0 Å². The van der Waals surface area contributed by atoms with Crippen LogP contribution in [0.2, 0.25) is 0 Å². The third-order valence-electron chi connectivity index (χ3n) is 5.17. The minimum Gasteiger partial charge on any atom is -0.299 e. The minimum absolute atomic E-state index is 0.109. The maximum Gasteiger partial charge on any atom is 0.329 e. The topological polar surface area (TPSA) is 30.2 Å². The van der Waals surface area contributed by atoms with Crippen LogP contribution < -0.4 is 5.69 Å². The number of benzene rings is 2. The Hall–Kier alpha value is -2.33. The standard InChI is InChI=1S/C20H23N3O/c1-21-18-9-5-6-10-19(18)23(20(21)24)17-11-13-22(14-12-17)15-16-7-3-2-4-8-16/h2-10,17H,11-15H2,1H3. The first kappa shape index (κ1) is 15.2. The molecule has 1 fully saturated rings. The van der Waals surface area contributed by atoms with E-state index >= 15 is 0 Å². The van der Waals surface area contributed by atoms with Gasteiger partial charge in [0.25, 0.3) is 0 Å². The van der Waals surface area contributed by atoms with E-state index in [2.05, 4.69) is 41.3 Å². The predicted octanol–water partition coefficient (Wildman–Crippen LogP) is 3.18. The summed E-state index contributed by atoms with van der Waals surface area (Å²) >= 11 is 0. The van der Waals surface area contributed by atoms with E-state index in [0.717, 1.165) is 43.5 Å². The summed E-state index contributed by atoms with van der Waals surface area (Å²) in [5.74, 6) is 0. The van der Waals surface area contributed by atoms with Gasteiger partial charge in [-0.2, -0.15) is 0 Å². The lowest BCUT2D eigenvalue weighted by Gasteiger charge is -2.32. The van der Waals surface area contributed by atoms with E-state index in [1.807, 2.05) is 29.8 Å². The Morgan fingerprint density at radius 1 is 0.917 bits per heavy atom. The second kappa shape index (κ2) is 6.29. The van der Waals surface area contributed by atoms with E-state index in [0.29, 0.717) is 6.04 Å². The average Bonchev–Trinajstić information content (AvgIpc) is 2.88. The highest BCUT2D eigenvalue weighted by Gasteiger charge is 2.24. The molecule has 24 heavy (non-hydrogen) atoms. The molecule has 4 rings (SSSR count). The number of likely N-dealkylation sites (tertiary alicyclic amines) is 1. The molecule has 1 saturated heterocycles. The molecule has 0 N–H and O–H groups in total. The number of para-hydroxylation sites is 2. The van der Waals surface area contributed by atoms with E-state index in [4.69, 9.17) is 0 Å². The van der Waals surface area contributed by atoms with Crippen LogP contribution in [0.25, 0.3) is 11.0 Å². The molecule has 0 atom stereocenters. The Bertz CT molecular complexity index is 886. The highest BCUT2D eigenvalue weighted by Crippen LogP contribution is 2.26. The number of nitrogens with zero attached hydrogens (tertiary/aromatic N) is 3. The molecule has 0 aliphatic carbocycles. The van der Waals surface area contributed by atoms with Crippen LogP contribution in [0, 0.1) is 0 Å². The summed E-state index contributed by atoms with van der Waals surface area (Å²) < 4.78 is 3.78. The van der Waals surface area contributed by atoms with Gasteiger partial charge in [0.1, 0.15) is 0 Å². The number of piperidine rings is 1. The van der Waals surface area contributed by atoms with Gasteiger partial charge in [0.15, 0.2) is 0 Å². The van der Waals surface area contributed by atoms with Crippen LogP contribution in [0.5, 0.6) is 0 Å². The molecule has 4 heteroatoms. The number of rotatable bonds is 3. The molecule has 1 aliphatic rings. The second-order valence-electron chi connectivity index (χ2n) is 6.69. The smallest absolute Gasteiger partial charge is 0.299 e. The van der Waals surface area contributed by atoms with Crippen LogP contribution in [0.1, 0.15) is 24.4 Å². The Morgan fingerprint density at radius 3 is 2.25 bits per heavy atom. The first-order chi connectivity index (χ1) is 11.7. The zero-order valence-electron chi connectivity index (χ0n) is 14.1. The number of hydrogen-bond acceptors (Lipinski definition) is 2. The molecule has 2 heterocycles. The van der Waals surface area contributed by atoms with Crippen molar-refractivity contribution in [3.63, 3.8) is 0 Å². The lowest BCUT2D eigenvalue weighted by Crippen LogP contribution is -2.37. The van der Waals surface area contributed by atoms with Crippen molar-refractivity contribution >= 4 is 11.0 Å². The number of fused-ring (bicyclic) bond motifs is 1. The van der Waals surface area contributed by atoms with Gasteiger partial charge >= 0.3 is 5.69 Å². The number of aryl methyl sites for hydroxylation is 1. The number of hydrogen-bond donors (Lipinski definition) is 0. The third kappa shape index (κ3) is 2.67. The lowest BCUT2D eigenvalue weighted by atomic mass is 10.0. The van der Waals surface area contributed by atoms with Crippen molar-refractivity contribution in [2.75, 3.05) is 13.1 Å². The molecule has 0 radical (unpaired) electrons. The van der Waals surface area contributed by atoms with Gasteiger partial charge < -0.3 is 0 Å². The van der Waals surface area contributed by atoms with Gasteiger partial charge in [-0.05, 0) is 30.5 Å². The molecule has 0 saturated carbocycles. The SMILES string of the molecule is Cn1c(=O)n(C2CCN(Cc3ccccc3)CC2)c2ccccc21. The molecule has 0 amide bonds. The number of imidazole rings is 1. The predicted molar refractivity (Wildman–Crippen MR) is 97.2 cm³/mol. The molecular weight excluding hydrogens is 298 g/mol. The van der Waals surface area contributed by atoms with Crippen molar-refractivity contribution in [1.29, 1.82) is 0 Å². The molecule has 2 aromatic carbocycles. The molecule has 0 unspecified atom stereocenters. The van der Waals surface area contributed by atoms with Crippen LogP contribution in [-0.2, 0) is 13.6 Å². The Morgan fingerprint density at radius 2 is 1.54 bits per heavy atom. The summed E-state index contributed by atoms with van der Waals surface area (Å²) in [4.78, 5) is 15.2. The van der Waals surface area contributed by atoms with Crippen LogP contribution in [0.3, 0.4) is 0 Å². The fraction of sp³-hybridized carbons (Fsp3) is 0.350. The second-order valence-corrected chi connectivity index (χ2v) is 6.69. The van der Waals surface area contributed by atoms with Crippen molar-refractivity contribution in [1.82, 2.24) is 14.0 Å². The third-order valence-corrected chi connectivity index (χ3v) is 5.17. The van der Waals surface area contributed by atoms with Crippen LogP contribution in [0.15, 0.2) is 59.4 Å². The van der Waals surface area contributed by atoms with E-state index in [-0.39, 0.29) is 5.69 Å². The Labute approximate surface area is 141 Å². The van der Waals surface area contributed by atoms with Gasteiger partial charge in [0, 0.05) is 32.7 Å². The average molecular weight is 321 g/mol. The van der Waals surface area contributed by atoms with Gasteiger partial charge in [0.2, 0.25) is 0 Å². The molecule has 0 bridgehead atoms. The van der Waals surface area contributed by atoms with E-state index in [9.17, 15) is 4.79 Å². The summed E-state index contributed by atoms with van der Waals surface area (Å²) in [6, 6.07) is 19.0. The highest BCUT2D eigenvalue weighted by atomic mass is 16.1. The van der Waals surface area contributed by atoms with E-state index in [1.54, 1.807) is 4.57 Å². The summed E-state index contributed by atoms with van der Waals surface area (Å²) in [5, 5.41) is 0. The molecule has 3 aromatic rings. The Kier molecular flexibility index (Phi) is 3.98. The summed E-state index contributed by atoms with van der Waals surface area (Å²) in [5.41, 5.74) is 3.55. The van der Waals surface area contributed by atoms with Gasteiger partial charge in [-0.3, -0.25) is 14.0 Å². The first-order valence-corrected chi connectivity index (χ1v) is 8.66. The zero-order valence-corrected chi connectivity index (χ0v) is 14.1. The Balaban J connectivity index is 1.52. The lowest BCUT2D eigenvalue weighted by molar-refractivity contribution is 0.179. The minimum atomic E-state index is 0.109. The van der Waals surface area contributed by atoms with Crippen LogP contribution in [0.4, 0.5) is 0 Å². The maximum absolute atomic E-state index is 12.7. The molecule has 4 nitrogen and oxygen atoms in total. The zero-order chi connectivity index (χ0) is 16.5. The molecule has 1 aromatic heterocycles. The highest BCUT2D eigenvalue weighted by molar-refractivity contribution is 5.76. The molecule has 124 valence electrons. The van der Waals surface area contributed by atoms with Crippen molar-refractivity contribution in [2.24, 2.45) is 7.05 Å². The number of aromatic nitrogens is 2. The molecular formula is C20H23N3O. The fourth-order valence-electron chi connectivity index (χ4n) is 3.85.